The van der Waals surface area contributed by atoms with Gasteiger partial charge in [-0.2, -0.15) is 0 Å². The van der Waals surface area contributed by atoms with Crippen LogP contribution in [0.15, 0.2) is 91.0 Å². The summed E-state index contributed by atoms with van der Waals surface area (Å²) in [6.07, 6.45) is 0.939. The third kappa shape index (κ3) is 5.06. The summed E-state index contributed by atoms with van der Waals surface area (Å²) in [4.78, 5) is 28.1. The molecule has 2 amide bonds. The molecule has 3 N–H and O–H groups in total. The van der Waals surface area contributed by atoms with Crippen molar-refractivity contribution in [3.8, 4) is 0 Å². The van der Waals surface area contributed by atoms with E-state index in [0.717, 1.165) is 24.1 Å². The van der Waals surface area contributed by atoms with Crippen molar-refractivity contribution >= 4 is 11.8 Å². The molecule has 2 aliphatic rings. The lowest BCUT2D eigenvalue weighted by atomic mass is 9.76. The summed E-state index contributed by atoms with van der Waals surface area (Å²) in [6.45, 7) is 4.07. The Bertz CT molecular complexity index is 1130. The average molecular weight is 483 g/mol. The van der Waals surface area contributed by atoms with Crippen molar-refractivity contribution in [1.29, 1.82) is 0 Å². The molecule has 0 saturated carbocycles. The van der Waals surface area contributed by atoms with Crippen molar-refractivity contribution in [2.75, 3.05) is 26.2 Å². The number of likely N-dealkylation sites (tertiary alicyclic amines) is 1. The van der Waals surface area contributed by atoms with Crippen molar-refractivity contribution in [3.05, 3.63) is 108 Å². The molecule has 36 heavy (non-hydrogen) atoms. The van der Waals surface area contributed by atoms with Gasteiger partial charge in [0.05, 0.1) is 18.1 Å². The number of benzene rings is 3. The van der Waals surface area contributed by atoms with Gasteiger partial charge in [-0.1, -0.05) is 91.0 Å². The van der Waals surface area contributed by atoms with E-state index in [4.69, 9.17) is 0 Å². The van der Waals surface area contributed by atoms with E-state index in [1.165, 1.54) is 5.56 Å². The van der Waals surface area contributed by atoms with Gasteiger partial charge in [0.25, 0.3) is 0 Å². The van der Waals surface area contributed by atoms with Crippen LogP contribution in [-0.4, -0.2) is 48.4 Å². The van der Waals surface area contributed by atoms with Crippen LogP contribution in [-0.2, 0) is 9.59 Å². The third-order valence-electron chi connectivity index (χ3n) is 7.53. The first-order valence-electron chi connectivity index (χ1n) is 12.7. The predicted octanol–water partition coefficient (Wildman–Crippen LogP) is 3.43. The highest BCUT2D eigenvalue weighted by Gasteiger charge is 2.54. The minimum absolute atomic E-state index is 0.0294. The maximum atomic E-state index is 13.6. The molecule has 186 valence electrons. The molecule has 0 bridgehead atoms. The molecule has 0 radical (unpaired) electrons. The third-order valence-corrected chi connectivity index (χ3v) is 7.53. The van der Waals surface area contributed by atoms with Gasteiger partial charge in [0, 0.05) is 32.0 Å². The Kier molecular flexibility index (Phi) is 7.16. The standard InChI is InChI=1S/C30H34N4O2/c1-22(35)33-30-20-31-18-17-26(30)29(25-15-9-4-10-16-25)34(21-30)19-27(36)32-28(23-11-5-2-6-12-23)24-13-7-3-8-14-24/h2-16,26,28-29,31H,17-21H2,1H3,(H,32,36)(H,33,35)/t26-,29-,30-/m1/s1. The van der Waals surface area contributed by atoms with E-state index >= 15 is 0 Å². The molecule has 0 unspecified atom stereocenters. The number of nitrogens with one attached hydrogen (secondary N) is 3. The van der Waals surface area contributed by atoms with E-state index in [1.54, 1.807) is 6.92 Å². The van der Waals surface area contributed by atoms with Gasteiger partial charge in [-0.05, 0) is 29.7 Å². The number of hydrogen-bond donors (Lipinski definition) is 3. The van der Waals surface area contributed by atoms with E-state index in [9.17, 15) is 9.59 Å². The van der Waals surface area contributed by atoms with Crippen LogP contribution in [0.1, 0.15) is 42.1 Å². The second kappa shape index (κ2) is 10.6. The van der Waals surface area contributed by atoms with Crippen LogP contribution < -0.4 is 16.0 Å². The molecule has 2 aliphatic heterocycles. The zero-order valence-electron chi connectivity index (χ0n) is 20.7. The number of carbonyl (C=O) groups excluding carboxylic acids is 2. The van der Waals surface area contributed by atoms with Gasteiger partial charge in [-0.15, -0.1) is 0 Å². The van der Waals surface area contributed by atoms with Crippen molar-refractivity contribution in [1.82, 2.24) is 20.9 Å². The molecular formula is C30H34N4O2. The molecule has 6 heteroatoms. The Balaban J connectivity index is 1.43. The van der Waals surface area contributed by atoms with Gasteiger partial charge in [0.15, 0.2) is 0 Å². The molecule has 3 aromatic carbocycles. The molecule has 6 nitrogen and oxygen atoms in total. The highest BCUT2D eigenvalue weighted by molar-refractivity contribution is 5.79. The molecule has 2 heterocycles. The van der Waals surface area contributed by atoms with Crippen molar-refractivity contribution in [2.45, 2.75) is 31.0 Å². The molecule has 5 rings (SSSR count). The van der Waals surface area contributed by atoms with Crippen molar-refractivity contribution < 1.29 is 9.59 Å². The van der Waals surface area contributed by atoms with Crippen LogP contribution in [0, 0.1) is 5.92 Å². The SMILES string of the molecule is CC(=O)N[C@@]12CNCC[C@@H]1[C@@H](c1ccccc1)N(CC(=O)NC(c1ccccc1)c1ccccc1)C2. The van der Waals surface area contributed by atoms with Crippen LogP contribution in [0.5, 0.6) is 0 Å². The van der Waals surface area contributed by atoms with Gasteiger partial charge >= 0.3 is 0 Å². The maximum Gasteiger partial charge on any atom is 0.234 e. The Hall–Kier alpha value is -3.48. The number of fused-ring (bicyclic) bond motifs is 1. The average Bonchev–Trinajstić information content (AvgIpc) is 3.21. The van der Waals surface area contributed by atoms with Crippen molar-refractivity contribution in [3.63, 3.8) is 0 Å². The monoisotopic (exact) mass is 482 g/mol. The first-order chi connectivity index (χ1) is 17.6. The van der Waals surface area contributed by atoms with Gasteiger partial charge < -0.3 is 16.0 Å². The first kappa shape index (κ1) is 24.2. The van der Waals surface area contributed by atoms with E-state index in [1.807, 2.05) is 78.9 Å². The summed E-state index contributed by atoms with van der Waals surface area (Å²) in [5.41, 5.74) is 2.88. The second-order valence-electron chi connectivity index (χ2n) is 9.99. The number of hydrogen-bond acceptors (Lipinski definition) is 4. The van der Waals surface area contributed by atoms with E-state index in [0.29, 0.717) is 13.1 Å². The maximum absolute atomic E-state index is 13.6. The summed E-state index contributed by atoms with van der Waals surface area (Å²) in [5.74, 6) is 0.158. The molecule has 3 aromatic rings. The number of carbonyl (C=O) groups is 2. The van der Waals surface area contributed by atoms with E-state index in [2.05, 4.69) is 33.0 Å². The number of rotatable bonds is 7. The predicted molar refractivity (Wildman–Crippen MR) is 141 cm³/mol. The number of nitrogens with zero attached hydrogens (tertiary/aromatic N) is 1. The normalized spacial score (nSPS) is 23.7. The van der Waals surface area contributed by atoms with E-state index < -0.39 is 5.54 Å². The number of piperidine rings is 1. The topological polar surface area (TPSA) is 73.5 Å². The van der Waals surface area contributed by atoms with Crippen LogP contribution in [0.2, 0.25) is 0 Å². The van der Waals surface area contributed by atoms with Gasteiger partial charge in [0.1, 0.15) is 0 Å². The summed E-state index contributed by atoms with van der Waals surface area (Å²) < 4.78 is 0. The molecule has 2 saturated heterocycles. The fraction of sp³-hybridized carbons (Fsp3) is 0.333. The second-order valence-corrected chi connectivity index (χ2v) is 9.99. The summed E-state index contributed by atoms with van der Waals surface area (Å²) in [7, 11) is 0. The smallest absolute Gasteiger partial charge is 0.234 e. The lowest BCUT2D eigenvalue weighted by Crippen LogP contribution is -2.62. The fourth-order valence-electron chi connectivity index (χ4n) is 6.14. The molecule has 2 fully saturated rings. The van der Waals surface area contributed by atoms with Crippen molar-refractivity contribution in [2.24, 2.45) is 5.92 Å². The highest BCUT2D eigenvalue weighted by atomic mass is 16.2. The van der Waals surface area contributed by atoms with Gasteiger partial charge in [-0.25, -0.2) is 0 Å². The van der Waals surface area contributed by atoms with E-state index in [-0.39, 0.29) is 36.4 Å². The van der Waals surface area contributed by atoms with Gasteiger partial charge in [0.2, 0.25) is 11.8 Å². The molecule has 0 spiro atoms. The zero-order chi connectivity index (χ0) is 25.0. The minimum Gasteiger partial charge on any atom is -0.348 e. The quantitative estimate of drug-likeness (QED) is 0.483. The van der Waals surface area contributed by atoms with Crippen LogP contribution in [0.3, 0.4) is 0 Å². The van der Waals surface area contributed by atoms with Gasteiger partial charge in [-0.3, -0.25) is 14.5 Å². The van der Waals surface area contributed by atoms with Crippen LogP contribution in [0.4, 0.5) is 0 Å². The lowest BCUT2D eigenvalue weighted by molar-refractivity contribution is -0.123. The number of amides is 2. The Morgan fingerprint density at radius 2 is 1.53 bits per heavy atom. The summed E-state index contributed by atoms with van der Waals surface area (Å²) >= 11 is 0. The Morgan fingerprint density at radius 3 is 2.11 bits per heavy atom. The summed E-state index contributed by atoms with van der Waals surface area (Å²) in [5, 5.41) is 10.1. The van der Waals surface area contributed by atoms with Crippen LogP contribution >= 0.6 is 0 Å². The van der Waals surface area contributed by atoms with Crippen LogP contribution in [0.25, 0.3) is 0 Å². The Morgan fingerprint density at radius 1 is 0.944 bits per heavy atom. The first-order valence-corrected chi connectivity index (χ1v) is 12.7. The zero-order valence-corrected chi connectivity index (χ0v) is 20.7. The fourth-order valence-corrected chi connectivity index (χ4v) is 6.14. The summed E-state index contributed by atoms with van der Waals surface area (Å²) in [6, 6.07) is 30.4. The largest absolute Gasteiger partial charge is 0.348 e. The molecule has 3 atom stereocenters. The minimum atomic E-state index is -0.400. The molecular weight excluding hydrogens is 448 g/mol. The molecule has 0 aromatic heterocycles. The molecule has 0 aliphatic carbocycles. The lowest BCUT2D eigenvalue weighted by Gasteiger charge is -2.41. The Labute approximate surface area is 213 Å². The highest BCUT2D eigenvalue weighted by Crippen LogP contribution is 2.46.